The van der Waals surface area contributed by atoms with Crippen molar-refractivity contribution in [2.24, 2.45) is 0 Å². The topological polar surface area (TPSA) is 132 Å². The Labute approximate surface area is 253 Å². The maximum Gasteiger partial charge on any atom is 0.318 e. The Hall–Kier alpha value is -4.76. The summed E-state index contributed by atoms with van der Waals surface area (Å²) in [6.45, 7) is 4.19. The van der Waals surface area contributed by atoms with Gasteiger partial charge in [-0.3, -0.25) is 0 Å². The number of β-amino-alcohol motifs (C(OH)–C–C–N with tert-alkyl or cyclic N) is 1. The van der Waals surface area contributed by atoms with E-state index >= 15 is 0 Å². The summed E-state index contributed by atoms with van der Waals surface area (Å²) in [5.74, 6) is 0.288. The molecule has 226 valence electrons. The number of fused-ring (bicyclic) bond motifs is 1. The van der Waals surface area contributed by atoms with E-state index in [4.69, 9.17) is 10.00 Å². The fraction of sp³-hybridized carbons (Fsp3) is 0.406. The van der Waals surface area contributed by atoms with Gasteiger partial charge in [0.25, 0.3) is 0 Å². The minimum absolute atomic E-state index is 0.0525. The lowest BCUT2D eigenvalue weighted by molar-refractivity contribution is 0.121. The minimum Gasteiger partial charge on any atom is -0.491 e. The molecule has 1 saturated carbocycles. The fourth-order valence-corrected chi connectivity index (χ4v) is 6.41. The maximum absolute atomic E-state index is 14.1. The Balaban J connectivity index is 0.984. The molecule has 1 unspecified atom stereocenters. The third-order valence-electron chi connectivity index (χ3n) is 9.23. The number of carbonyl (C=O) groups excluding carboxylic acids is 1. The molecule has 4 aromatic rings. The number of pyridine rings is 2. The number of nitrogens with zero attached hydrogens (tertiary/aromatic N) is 7. The Morgan fingerprint density at radius 1 is 1.18 bits per heavy atom. The van der Waals surface area contributed by atoms with Crippen molar-refractivity contribution in [3.05, 3.63) is 83.3 Å². The quantitative estimate of drug-likeness (QED) is 0.315. The Morgan fingerprint density at radius 2 is 1.95 bits per heavy atom. The van der Waals surface area contributed by atoms with Crippen molar-refractivity contribution in [2.45, 2.75) is 49.7 Å². The number of piperidine rings is 1. The van der Waals surface area contributed by atoms with Crippen molar-refractivity contribution in [2.75, 3.05) is 37.7 Å². The molecular weight excluding hydrogens is 563 g/mol. The molecular formula is C32H33FN8O3. The molecule has 2 aliphatic heterocycles. The first kappa shape index (κ1) is 28.0. The summed E-state index contributed by atoms with van der Waals surface area (Å²) in [6, 6.07) is 15.2. The second kappa shape index (κ2) is 10.7. The number of hydrogen-bond acceptors (Lipinski definition) is 8. The number of rotatable bonds is 8. The summed E-state index contributed by atoms with van der Waals surface area (Å²) in [5, 5.41) is 27.7. The van der Waals surface area contributed by atoms with Gasteiger partial charge >= 0.3 is 6.03 Å². The molecule has 1 atom stereocenters. The molecule has 5 heterocycles. The highest BCUT2D eigenvalue weighted by Crippen LogP contribution is 2.48. The number of ether oxygens (including phenoxy) is 1. The monoisotopic (exact) mass is 596 g/mol. The van der Waals surface area contributed by atoms with E-state index in [0.29, 0.717) is 56.2 Å². The van der Waals surface area contributed by atoms with Gasteiger partial charge in [-0.05, 0) is 49.8 Å². The van der Waals surface area contributed by atoms with Crippen LogP contribution in [0.15, 0.2) is 54.9 Å². The number of urea groups is 1. The van der Waals surface area contributed by atoms with E-state index in [-0.39, 0.29) is 29.5 Å². The zero-order valence-corrected chi connectivity index (χ0v) is 24.4. The van der Waals surface area contributed by atoms with Gasteiger partial charge in [-0.15, -0.1) is 5.10 Å². The summed E-state index contributed by atoms with van der Waals surface area (Å²) in [4.78, 5) is 25.0. The van der Waals surface area contributed by atoms with Crippen LogP contribution in [0.3, 0.4) is 0 Å². The van der Waals surface area contributed by atoms with Crippen LogP contribution < -0.4 is 15.0 Å². The average Bonchev–Trinajstić information content (AvgIpc) is 3.60. The van der Waals surface area contributed by atoms with Gasteiger partial charge in [-0.1, -0.05) is 30.3 Å². The summed E-state index contributed by atoms with van der Waals surface area (Å²) in [7, 11) is 0. The van der Waals surface area contributed by atoms with Crippen molar-refractivity contribution < 1.29 is 19.0 Å². The standard InChI is InChI=1S/C32H33FN8O3/c1-21-13-24(44-20-31(7-8-31)22-5-3-2-4-6-22)17-41-29(21)36-28(38-41)27(42)18-40-19-32(37-30(40)43)9-11-39(12-10-32)23-14-25(33)26(15-34)35-16-23/h2-6,13-14,16-17,27,42H,7-12,18-20H2,1H3,(H,37,43). The number of anilines is 1. The van der Waals surface area contributed by atoms with E-state index < -0.39 is 17.5 Å². The highest BCUT2D eigenvalue weighted by molar-refractivity contribution is 5.78. The fourth-order valence-electron chi connectivity index (χ4n) is 6.41. The highest BCUT2D eigenvalue weighted by Gasteiger charge is 2.46. The highest BCUT2D eigenvalue weighted by atomic mass is 19.1. The number of aliphatic hydroxyl groups excluding tert-OH is 1. The number of hydrogen-bond donors (Lipinski definition) is 2. The predicted molar refractivity (Wildman–Crippen MR) is 159 cm³/mol. The van der Waals surface area contributed by atoms with Gasteiger partial charge in [-0.25, -0.2) is 23.7 Å². The van der Waals surface area contributed by atoms with Crippen LogP contribution in [-0.2, 0) is 5.41 Å². The number of aromatic nitrogens is 4. The Bertz CT molecular complexity index is 1760. The lowest BCUT2D eigenvalue weighted by Gasteiger charge is -2.39. The molecule has 7 rings (SSSR count). The smallest absolute Gasteiger partial charge is 0.318 e. The minimum atomic E-state index is -1.07. The number of aryl methyl sites for hydroxylation is 1. The Morgan fingerprint density at radius 3 is 2.66 bits per heavy atom. The molecule has 44 heavy (non-hydrogen) atoms. The van der Waals surface area contributed by atoms with Crippen LogP contribution in [-0.4, -0.2) is 73.9 Å². The van der Waals surface area contributed by atoms with Crippen LogP contribution in [0.5, 0.6) is 5.75 Å². The number of benzene rings is 1. The van der Waals surface area contributed by atoms with E-state index in [2.05, 4.69) is 44.6 Å². The molecule has 1 aliphatic carbocycles. The first-order valence-corrected chi connectivity index (χ1v) is 14.9. The molecule has 12 heteroatoms. The molecule has 2 saturated heterocycles. The average molecular weight is 597 g/mol. The molecule has 1 aromatic carbocycles. The summed E-state index contributed by atoms with van der Waals surface area (Å²) in [6.07, 6.45) is 5.70. The number of carbonyl (C=O) groups is 1. The van der Waals surface area contributed by atoms with Crippen molar-refractivity contribution in [1.29, 1.82) is 5.26 Å². The van der Waals surface area contributed by atoms with E-state index in [9.17, 15) is 14.3 Å². The van der Waals surface area contributed by atoms with Crippen LogP contribution >= 0.6 is 0 Å². The van der Waals surface area contributed by atoms with Gasteiger partial charge in [0.1, 0.15) is 17.9 Å². The number of halogens is 1. The normalized spacial score (nSPS) is 19.2. The van der Waals surface area contributed by atoms with Gasteiger partial charge in [0, 0.05) is 31.1 Å². The van der Waals surface area contributed by atoms with Crippen molar-refractivity contribution in [3.8, 4) is 11.8 Å². The number of amides is 2. The summed E-state index contributed by atoms with van der Waals surface area (Å²) < 4.78 is 22.0. The number of nitrogens with one attached hydrogen (secondary N) is 1. The summed E-state index contributed by atoms with van der Waals surface area (Å²) >= 11 is 0. The van der Waals surface area contributed by atoms with Gasteiger partial charge in [0.2, 0.25) is 0 Å². The van der Waals surface area contributed by atoms with Crippen LogP contribution in [0, 0.1) is 24.1 Å². The first-order valence-electron chi connectivity index (χ1n) is 14.9. The SMILES string of the molecule is Cc1cc(OCC2(c3ccccc3)CC2)cn2nc(C(O)CN3CC4(CCN(c5cnc(C#N)c(F)c5)CC4)NC3=O)nc12. The number of aliphatic hydroxyl groups is 1. The van der Waals surface area contributed by atoms with Crippen LogP contribution in [0.25, 0.3) is 5.65 Å². The largest absolute Gasteiger partial charge is 0.491 e. The lowest BCUT2D eigenvalue weighted by atomic mass is 9.88. The lowest BCUT2D eigenvalue weighted by Crippen LogP contribution is -2.52. The first-order chi connectivity index (χ1) is 21.3. The molecule has 0 bridgehead atoms. The van der Waals surface area contributed by atoms with E-state index in [1.807, 2.05) is 24.0 Å². The molecule has 0 radical (unpaired) electrons. The van der Waals surface area contributed by atoms with Crippen LogP contribution in [0.2, 0.25) is 0 Å². The predicted octanol–water partition coefficient (Wildman–Crippen LogP) is 3.65. The van der Waals surface area contributed by atoms with Gasteiger partial charge in [0.05, 0.1) is 36.8 Å². The molecule has 1 spiro atoms. The van der Waals surface area contributed by atoms with Gasteiger partial charge in [0.15, 0.2) is 23.0 Å². The van der Waals surface area contributed by atoms with Gasteiger partial charge < -0.3 is 25.0 Å². The maximum atomic E-state index is 14.1. The van der Waals surface area contributed by atoms with Crippen molar-refractivity contribution in [1.82, 2.24) is 29.8 Å². The third kappa shape index (κ3) is 5.17. The van der Waals surface area contributed by atoms with E-state index in [1.54, 1.807) is 21.7 Å². The third-order valence-corrected chi connectivity index (χ3v) is 9.23. The zero-order valence-electron chi connectivity index (χ0n) is 24.4. The molecule has 11 nitrogen and oxygen atoms in total. The Kier molecular flexibility index (Phi) is 6.85. The second-order valence-electron chi connectivity index (χ2n) is 12.3. The second-order valence-corrected chi connectivity index (χ2v) is 12.3. The zero-order chi connectivity index (χ0) is 30.5. The van der Waals surface area contributed by atoms with Gasteiger partial charge in [-0.2, -0.15) is 5.26 Å². The van der Waals surface area contributed by atoms with Crippen molar-refractivity contribution in [3.63, 3.8) is 0 Å². The van der Waals surface area contributed by atoms with Crippen LogP contribution in [0.4, 0.5) is 14.9 Å². The number of nitriles is 1. The molecule has 3 aliphatic rings. The van der Waals surface area contributed by atoms with Crippen LogP contribution in [0.1, 0.15) is 54.4 Å². The molecule has 2 N–H and O–H groups in total. The molecule has 3 fully saturated rings. The van der Waals surface area contributed by atoms with Crippen molar-refractivity contribution >= 4 is 17.4 Å². The molecule has 2 amide bonds. The molecule has 3 aromatic heterocycles. The summed E-state index contributed by atoms with van der Waals surface area (Å²) in [5.41, 5.74) is 2.78. The van der Waals surface area contributed by atoms with E-state index in [1.165, 1.54) is 17.8 Å². The van der Waals surface area contributed by atoms with E-state index in [0.717, 1.165) is 18.4 Å².